The fraction of sp³-hybridized carbons (Fsp3) is 0.727. The molecule has 1 aromatic rings. The van der Waals surface area contributed by atoms with Crippen LogP contribution in [0.25, 0.3) is 0 Å². The third-order valence-electron chi connectivity index (χ3n) is 2.20. The quantitative estimate of drug-likeness (QED) is 0.680. The fourth-order valence-corrected chi connectivity index (χ4v) is 1.41. The lowest BCUT2D eigenvalue weighted by Crippen LogP contribution is -2.14. The number of anilines is 1. The van der Waals surface area contributed by atoms with Crippen molar-refractivity contribution in [3.63, 3.8) is 0 Å². The standard InChI is InChI=1S/C11H21N3O2/c1-4-14-9-10(2)13-11(14)12-5-6-16-8-7-15-3/h9H,4-8H2,1-3H3,(H,12,13). The third-order valence-corrected chi connectivity index (χ3v) is 2.20. The van der Waals surface area contributed by atoms with Crippen molar-refractivity contribution < 1.29 is 9.47 Å². The van der Waals surface area contributed by atoms with Gasteiger partial charge in [-0.1, -0.05) is 0 Å². The normalized spacial score (nSPS) is 10.7. The average Bonchev–Trinajstić information content (AvgIpc) is 2.64. The van der Waals surface area contributed by atoms with Gasteiger partial charge < -0.3 is 19.4 Å². The number of hydrogen-bond acceptors (Lipinski definition) is 4. The molecule has 92 valence electrons. The molecule has 0 atom stereocenters. The summed E-state index contributed by atoms with van der Waals surface area (Å²) in [5.74, 6) is 0.912. The Kier molecular flexibility index (Phi) is 5.88. The summed E-state index contributed by atoms with van der Waals surface area (Å²) in [6.45, 7) is 7.72. The van der Waals surface area contributed by atoms with Crippen LogP contribution in [-0.4, -0.2) is 43.0 Å². The van der Waals surface area contributed by atoms with E-state index >= 15 is 0 Å². The second-order valence-corrected chi connectivity index (χ2v) is 3.52. The molecule has 0 aliphatic carbocycles. The number of nitrogens with zero attached hydrogens (tertiary/aromatic N) is 2. The Morgan fingerprint density at radius 1 is 1.38 bits per heavy atom. The van der Waals surface area contributed by atoms with Gasteiger partial charge in [-0.25, -0.2) is 4.98 Å². The molecule has 0 amide bonds. The van der Waals surface area contributed by atoms with Crippen molar-refractivity contribution in [1.29, 1.82) is 0 Å². The average molecular weight is 227 g/mol. The third kappa shape index (κ3) is 4.20. The van der Waals surface area contributed by atoms with E-state index < -0.39 is 0 Å². The first kappa shape index (κ1) is 13.0. The van der Waals surface area contributed by atoms with E-state index in [1.807, 2.05) is 13.1 Å². The summed E-state index contributed by atoms with van der Waals surface area (Å²) in [5.41, 5.74) is 1.03. The maximum absolute atomic E-state index is 5.35. The second kappa shape index (κ2) is 7.24. The Morgan fingerprint density at radius 3 is 2.88 bits per heavy atom. The number of imidazole rings is 1. The summed E-state index contributed by atoms with van der Waals surface area (Å²) in [6.07, 6.45) is 2.04. The first-order chi connectivity index (χ1) is 7.77. The van der Waals surface area contributed by atoms with E-state index in [2.05, 4.69) is 21.8 Å². The molecule has 1 rings (SSSR count). The first-order valence-electron chi connectivity index (χ1n) is 5.62. The lowest BCUT2D eigenvalue weighted by molar-refractivity contribution is 0.0758. The van der Waals surface area contributed by atoms with Crippen LogP contribution in [0.15, 0.2) is 6.20 Å². The Labute approximate surface area is 96.8 Å². The van der Waals surface area contributed by atoms with Gasteiger partial charge in [-0.15, -0.1) is 0 Å². The van der Waals surface area contributed by atoms with Crippen molar-refractivity contribution in [2.75, 3.05) is 38.8 Å². The molecule has 0 fully saturated rings. The van der Waals surface area contributed by atoms with Gasteiger partial charge in [-0.2, -0.15) is 0 Å². The zero-order valence-electron chi connectivity index (χ0n) is 10.3. The zero-order valence-corrected chi connectivity index (χ0v) is 10.3. The molecule has 0 unspecified atom stereocenters. The smallest absolute Gasteiger partial charge is 0.203 e. The minimum absolute atomic E-state index is 0.638. The minimum Gasteiger partial charge on any atom is -0.382 e. The number of hydrogen-bond donors (Lipinski definition) is 1. The molecule has 5 heteroatoms. The topological polar surface area (TPSA) is 48.3 Å². The summed E-state index contributed by atoms with van der Waals surface area (Å²) < 4.78 is 12.3. The zero-order chi connectivity index (χ0) is 11.8. The number of rotatable bonds is 8. The van der Waals surface area contributed by atoms with Crippen LogP contribution < -0.4 is 5.32 Å². The van der Waals surface area contributed by atoms with Crippen LogP contribution in [0.2, 0.25) is 0 Å². The molecule has 0 bridgehead atoms. The van der Waals surface area contributed by atoms with Gasteiger partial charge in [0.05, 0.1) is 25.5 Å². The van der Waals surface area contributed by atoms with Crippen LogP contribution >= 0.6 is 0 Å². The van der Waals surface area contributed by atoms with E-state index in [4.69, 9.17) is 9.47 Å². The van der Waals surface area contributed by atoms with Crippen molar-refractivity contribution >= 4 is 5.95 Å². The van der Waals surface area contributed by atoms with Gasteiger partial charge in [0, 0.05) is 26.4 Å². The molecule has 0 saturated heterocycles. The van der Waals surface area contributed by atoms with Gasteiger partial charge in [0.2, 0.25) is 5.95 Å². The van der Waals surface area contributed by atoms with Gasteiger partial charge >= 0.3 is 0 Å². The van der Waals surface area contributed by atoms with Crippen LogP contribution in [0.5, 0.6) is 0 Å². The highest BCUT2D eigenvalue weighted by molar-refractivity contribution is 5.28. The van der Waals surface area contributed by atoms with Crippen molar-refractivity contribution in [3.8, 4) is 0 Å². The van der Waals surface area contributed by atoms with Crippen molar-refractivity contribution in [3.05, 3.63) is 11.9 Å². The summed E-state index contributed by atoms with van der Waals surface area (Å²) >= 11 is 0. The van der Waals surface area contributed by atoms with Crippen molar-refractivity contribution in [1.82, 2.24) is 9.55 Å². The highest BCUT2D eigenvalue weighted by Gasteiger charge is 2.02. The van der Waals surface area contributed by atoms with E-state index in [1.165, 1.54) is 0 Å². The van der Waals surface area contributed by atoms with Crippen LogP contribution in [0, 0.1) is 6.92 Å². The Balaban J connectivity index is 2.21. The van der Waals surface area contributed by atoms with E-state index in [0.717, 1.165) is 24.7 Å². The molecule has 16 heavy (non-hydrogen) atoms. The van der Waals surface area contributed by atoms with E-state index in [9.17, 15) is 0 Å². The number of methoxy groups -OCH3 is 1. The Bertz CT molecular complexity index is 299. The lowest BCUT2D eigenvalue weighted by Gasteiger charge is -2.08. The Morgan fingerprint density at radius 2 is 2.19 bits per heavy atom. The van der Waals surface area contributed by atoms with Gasteiger partial charge in [0.1, 0.15) is 0 Å². The van der Waals surface area contributed by atoms with Gasteiger partial charge in [0.15, 0.2) is 0 Å². The summed E-state index contributed by atoms with van der Waals surface area (Å²) in [4.78, 5) is 4.39. The first-order valence-corrected chi connectivity index (χ1v) is 5.62. The molecule has 0 aliphatic rings. The molecule has 0 radical (unpaired) electrons. The molecule has 0 aromatic carbocycles. The molecule has 0 spiro atoms. The molecule has 0 aliphatic heterocycles. The highest BCUT2D eigenvalue weighted by atomic mass is 16.5. The van der Waals surface area contributed by atoms with E-state index in [-0.39, 0.29) is 0 Å². The van der Waals surface area contributed by atoms with E-state index in [1.54, 1.807) is 7.11 Å². The number of aromatic nitrogens is 2. The molecular weight excluding hydrogens is 206 g/mol. The monoisotopic (exact) mass is 227 g/mol. The molecule has 1 aromatic heterocycles. The Hall–Kier alpha value is -1.07. The van der Waals surface area contributed by atoms with Crippen LogP contribution in [0.4, 0.5) is 5.95 Å². The predicted molar refractivity (Wildman–Crippen MR) is 63.8 cm³/mol. The second-order valence-electron chi connectivity index (χ2n) is 3.52. The SMILES string of the molecule is CCn1cc(C)nc1NCCOCCOC. The summed E-state index contributed by atoms with van der Waals surface area (Å²) in [5, 5.41) is 3.25. The van der Waals surface area contributed by atoms with Crippen molar-refractivity contribution in [2.24, 2.45) is 0 Å². The summed E-state index contributed by atoms with van der Waals surface area (Å²) in [6, 6.07) is 0. The molecule has 0 saturated carbocycles. The van der Waals surface area contributed by atoms with Gasteiger partial charge in [-0.3, -0.25) is 0 Å². The minimum atomic E-state index is 0.638. The predicted octanol–water partition coefficient (Wildman–Crippen LogP) is 1.29. The number of ether oxygens (including phenoxy) is 2. The largest absolute Gasteiger partial charge is 0.382 e. The maximum atomic E-state index is 5.35. The van der Waals surface area contributed by atoms with Gasteiger partial charge in [-0.05, 0) is 13.8 Å². The molecule has 5 nitrogen and oxygen atoms in total. The van der Waals surface area contributed by atoms with Crippen molar-refractivity contribution in [2.45, 2.75) is 20.4 Å². The number of aryl methyl sites for hydroxylation is 2. The van der Waals surface area contributed by atoms with E-state index in [0.29, 0.717) is 19.8 Å². The molecule has 1 N–H and O–H groups in total. The lowest BCUT2D eigenvalue weighted by atomic mass is 10.6. The van der Waals surface area contributed by atoms with Crippen LogP contribution in [0.1, 0.15) is 12.6 Å². The highest BCUT2D eigenvalue weighted by Crippen LogP contribution is 2.07. The molecule has 1 heterocycles. The fourth-order valence-electron chi connectivity index (χ4n) is 1.41. The number of nitrogens with one attached hydrogen (secondary N) is 1. The summed E-state index contributed by atoms with van der Waals surface area (Å²) in [7, 11) is 1.67. The van der Waals surface area contributed by atoms with Gasteiger partial charge in [0.25, 0.3) is 0 Å². The van der Waals surface area contributed by atoms with Crippen LogP contribution in [-0.2, 0) is 16.0 Å². The van der Waals surface area contributed by atoms with Crippen LogP contribution in [0.3, 0.4) is 0 Å². The molecular formula is C11H21N3O2. The maximum Gasteiger partial charge on any atom is 0.203 e.